The van der Waals surface area contributed by atoms with Crippen molar-refractivity contribution >= 4 is 17.5 Å². The quantitative estimate of drug-likeness (QED) is 0.682. The Morgan fingerprint density at radius 2 is 1.73 bits per heavy atom. The first kappa shape index (κ1) is 18.2. The number of likely N-dealkylation sites (N-methyl/N-ethyl adjacent to an activating group) is 1. The third-order valence-corrected chi connectivity index (χ3v) is 4.38. The van der Waals surface area contributed by atoms with Crippen LogP contribution in [0.3, 0.4) is 0 Å². The molecule has 0 radical (unpaired) electrons. The van der Waals surface area contributed by atoms with Crippen LogP contribution in [0.25, 0.3) is 22.5 Å². The Morgan fingerprint density at radius 1 is 1.04 bits per heavy atom. The van der Waals surface area contributed by atoms with Crippen LogP contribution in [0, 0.1) is 0 Å². The zero-order valence-electron chi connectivity index (χ0n) is 14.9. The smallest absolute Gasteiger partial charge is 0.253 e. The van der Waals surface area contributed by atoms with Crippen LogP contribution < -0.4 is 5.32 Å². The average molecular weight is 368 g/mol. The highest BCUT2D eigenvalue weighted by atomic mass is 35.5. The number of nitrogens with one attached hydrogen (secondary N) is 2. The summed E-state index contributed by atoms with van der Waals surface area (Å²) in [7, 11) is 3.97. The molecule has 3 rings (SSSR count). The maximum atomic E-state index is 12.7. The highest BCUT2D eigenvalue weighted by Crippen LogP contribution is 2.29. The van der Waals surface area contributed by atoms with Crippen molar-refractivity contribution in [3.63, 3.8) is 0 Å². The van der Waals surface area contributed by atoms with Crippen LogP contribution in [0.15, 0.2) is 60.7 Å². The third-order valence-electron chi connectivity index (χ3n) is 4.12. The predicted octanol–water partition coefficient (Wildman–Crippen LogP) is 4.29. The minimum Gasteiger partial charge on any atom is -0.354 e. The van der Waals surface area contributed by atoms with E-state index in [1.165, 1.54) is 0 Å². The van der Waals surface area contributed by atoms with Crippen molar-refractivity contribution in [1.82, 2.24) is 15.2 Å². The van der Waals surface area contributed by atoms with Gasteiger partial charge in [0.2, 0.25) is 0 Å². The van der Waals surface area contributed by atoms with E-state index in [2.05, 4.69) is 10.3 Å². The van der Waals surface area contributed by atoms with Crippen molar-refractivity contribution in [2.45, 2.75) is 0 Å². The molecule has 0 aliphatic heterocycles. The number of nitrogens with zero attached hydrogens (tertiary/aromatic N) is 1. The van der Waals surface area contributed by atoms with E-state index in [1.54, 1.807) is 0 Å². The van der Waals surface area contributed by atoms with Gasteiger partial charge in [0, 0.05) is 23.8 Å². The van der Waals surface area contributed by atoms with Gasteiger partial charge in [-0.2, -0.15) is 0 Å². The second kappa shape index (κ2) is 8.21. The molecule has 0 saturated heterocycles. The number of hydrogen-bond donors (Lipinski definition) is 2. The molecule has 1 amide bonds. The van der Waals surface area contributed by atoms with Gasteiger partial charge < -0.3 is 15.2 Å². The van der Waals surface area contributed by atoms with E-state index in [-0.39, 0.29) is 5.91 Å². The van der Waals surface area contributed by atoms with Gasteiger partial charge in [-0.05, 0) is 43.4 Å². The Hall–Kier alpha value is -2.56. The fourth-order valence-electron chi connectivity index (χ4n) is 2.74. The fraction of sp³-hybridized carbons (Fsp3) is 0.190. The Balaban J connectivity index is 1.95. The molecule has 0 aliphatic rings. The lowest BCUT2D eigenvalue weighted by molar-refractivity contribution is 0.0952. The molecule has 0 unspecified atom stereocenters. The standard InChI is InChI=1S/C21H22ClN3O/c1-25(2)13-12-23-21(26)18-14-19(15-8-10-17(22)11-9-15)24-20(18)16-6-4-3-5-7-16/h3-11,14,24H,12-13H2,1-2H3,(H,23,26). The van der Waals surface area contributed by atoms with E-state index in [0.29, 0.717) is 17.1 Å². The Bertz CT molecular complexity index is 870. The van der Waals surface area contributed by atoms with Crippen LogP contribution in [0.5, 0.6) is 0 Å². The van der Waals surface area contributed by atoms with Crippen molar-refractivity contribution in [3.05, 3.63) is 71.2 Å². The maximum Gasteiger partial charge on any atom is 0.253 e. The SMILES string of the molecule is CN(C)CCNC(=O)c1cc(-c2ccc(Cl)cc2)[nH]c1-c1ccccc1. The number of benzene rings is 2. The number of amides is 1. The van der Waals surface area contributed by atoms with Gasteiger partial charge in [0.25, 0.3) is 5.91 Å². The molecule has 3 aromatic rings. The first-order chi connectivity index (χ1) is 12.5. The lowest BCUT2D eigenvalue weighted by Crippen LogP contribution is -2.31. The average Bonchev–Trinajstić information content (AvgIpc) is 3.08. The summed E-state index contributed by atoms with van der Waals surface area (Å²) in [5.74, 6) is -0.0813. The minimum atomic E-state index is -0.0813. The summed E-state index contributed by atoms with van der Waals surface area (Å²) in [6.45, 7) is 1.39. The fourth-order valence-corrected chi connectivity index (χ4v) is 2.87. The zero-order valence-corrected chi connectivity index (χ0v) is 15.7. The van der Waals surface area contributed by atoms with Crippen molar-refractivity contribution in [2.75, 3.05) is 27.2 Å². The van der Waals surface area contributed by atoms with Crippen molar-refractivity contribution in [1.29, 1.82) is 0 Å². The molecule has 4 nitrogen and oxygen atoms in total. The Kier molecular flexibility index (Phi) is 5.76. The van der Waals surface area contributed by atoms with Crippen LogP contribution >= 0.6 is 11.6 Å². The lowest BCUT2D eigenvalue weighted by Gasteiger charge is -2.10. The van der Waals surface area contributed by atoms with Crippen molar-refractivity contribution in [3.8, 4) is 22.5 Å². The zero-order chi connectivity index (χ0) is 18.5. The molecule has 0 aliphatic carbocycles. The van der Waals surface area contributed by atoms with Crippen LogP contribution in [-0.4, -0.2) is 43.0 Å². The number of carbonyl (C=O) groups excluding carboxylic acids is 1. The van der Waals surface area contributed by atoms with Gasteiger partial charge in [-0.3, -0.25) is 4.79 Å². The minimum absolute atomic E-state index is 0.0813. The molecule has 5 heteroatoms. The van der Waals surface area contributed by atoms with E-state index < -0.39 is 0 Å². The first-order valence-corrected chi connectivity index (χ1v) is 8.89. The largest absolute Gasteiger partial charge is 0.354 e. The predicted molar refractivity (Wildman–Crippen MR) is 108 cm³/mol. The van der Waals surface area contributed by atoms with Gasteiger partial charge in [-0.15, -0.1) is 0 Å². The summed E-state index contributed by atoms with van der Waals surface area (Å²) in [4.78, 5) is 18.2. The molecule has 0 fully saturated rings. The molecule has 0 bridgehead atoms. The van der Waals surface area contributed by atoms with E-state index in [0.717, 1.165) is 29.1 Å². The van der Waals surface area contributed by atoms with Crippen LogP contribution in [0.2, 0.25) is 5.02 Å². The Morgan fingerprint density at radius 3 is 2.38 bits per heavy atom. The summed E-state index contributed by atoms with van der Waals surface area (Å²) in [5, 5.41) is 3.68. The maximum absolute atomic E-state index is 12.7. The second-order valence-corrected chi connectivity index (χ2v) is 6.84. The number of hydrogen-bond acceptors (Lipinski definition) is 2. The van der Waals surface area contributed by atoms with E-state index >= 15 is 0 Å². The number of aromatic nitrogens is 1. The molecule has 1 aromatic heterocycles. The van der Waals surface area contributed by atoms with E-state index in [9.17, 15) is 4.79 Å². The highest BCUT2D eigenvalue weighted by Gasteiger charge is 2.17. The van der Waals surface area contributed by atoms with Crippen molar-refractivity contribution < 1.29 is 4.79 Å². The molecule has 0 saturated carbocycles. The lowest BCUT2D eigenvalue weighted by atomic mass is 10.1. The number of aromatic amines is 1. The van der Waals surface area contributed by atoms with Gasteiger partial charge in [-0.1, -0.05) is 54.1 Å². The van der Waals surface area contributed by atoms with Gasteiger partial charge in [0.1, 0.15) is 0 Å². The van der Waals surface area contributed by atoms with Gasteiger partial charge in [0.15, 0.2) is 0 Å². The van der Waals surface area contributed by atoms with Gasteiger partial charge in [-0.25, -0.2) is 0 Å². The van der Waals surface area contributed by atoms with E-state index in [1.807, 2.05) is 79.7 Å². The molecule has 0 spiro atoms. The summed E-state index contributed by atoms with van der Waals surface area (Å²) < 4.78 is 0. The molecular formula is C21H22ClN3O. The third kappa shape index (κ3) is 4.34. The number of rotatable bonds is 6. The Labute approximate surface area is 158 Å². The second-order valence-electron chi connectivity index (χ2n) is 6.40. The normalized spacial score (nSPS) is 10.9. The number of carbonyl (C=O) groups is 1. The highest BCUT2D eigenvalue weighted by molar-refractivity contribution is 6.30. The summed E-state index contributed by atoms with van der Waals surface area (Å²) in [6.07, 6.45) is 0. The summed E-state index contributed by atoms with van der Waals surface area (Å²) in [5.41, 5.74) is 4.31. The van der Waals surface area contributed by atoms with Crippen LogP contribution in [0.1, 0.15) is 10.4 Å². The van der Waals surface area contributed by atoms with Gasteiger partial charge in [0.05, 0.1) is 11.3 Å². The van der Waals surface area contributed by atoms with Gasteiger partial charge >= 0.3 is 0 Å². The van der Waals surface area contributed by atoms with E-state index in [4.69, 9.17) is 11.6 Å². The monoisotopic (exact) mass is 367 g/mol. The van der Waals surface area contributed by atoms with Crippen molar-refractivity contribution in [2.24, 2.45) is 0 Å². The molecule has 134 valence electrons. The molecule has 1 heterocycles. The molecular weight excluding hydrogens is 346 g/mol. The first-order valence-electron chi connectivity index (χ1n) is 8.52. The number of halogens is 1. The molecule has 26 heavy (non-hydrogen) atoms. The molecule has 2 N–H and O–H groups in total. The van der Waals surface area contributed by atoms with Crippen LogP contribution in [0.4, 0.5) is 0 Å². The molecule has 0 atom stereocenters. The summed E-state index contributed by atoms with van der Waals surface area (Å²) in [6, 6.07) is 19.3. The summed E-state index contributed by atoms with van der Waals surface area (Å²) >= 11 is 5.99. The molecule has 2 aromatic carbocycles. The number of H-pyrrole nitrogens is 1. The van der Waals surface area contributed by atoms with Crippen LogP contribution in [-0.2, 0) is 0 Å². The topological polar surface area (TPSA) is 48.1 Å².